The van der Waals surface area contributed by atoms with E-state index < -0.39 is 0 Å². The maximum atomic E-state index is 12.5. The highest BCUT2D eigenvalue weighted by atomic mass is 32.1. The summed E-state index contributed by atoms with van der Waals surface area (Å²) in [5, 5.41) is 0.821. The minimum Gasteiger partial charge on any atom is -0.462 e. The molecule has 0 saturated heterocycles. The number of carbonyl (C=O) groups is 1. The molecule has 1 aromatic rings. The maximum absolute atomic E-state index is 12.5. The van der Waals surface area contributed by atoms with Crippen molar-refractivity contribution in [3.8, 4) is 0 Å². The summed E-state index contributed by atoms with van der Waals surface area (Å²) < 4.78 is 5.84. The Hall–Kier alpha value is -2.34. The van der Waals surface area contributed by atoms with Crippen molar-refractivity contribution < 1.29 is 9.53 Å². The van der Waals surface area contributed by atoms with Gasteiger partial charge in [0.15, 0.2) is 10.9 Å². The van der Waals surface area contributed by atoms with Crippen LogP contribution in [-0.4, -0.2) is 29.8 Å². The van der Waals surface area contributed by atoms with E-state index in [-0.39, 0.29) is 11.2 Å². The van der Waals surface area contributed by atoms with Crippen LogP contribution in [0, 0.1) is 5.41 Å². The number of fused-ring (bicyclic) bond motifs is 1. The van der Waals surface area contributed by atoms with E-state index in [1.165, 1.54) is 16.9 Å². The molecule has 1 aromatic heterocycles. The molecule has 0 N–H and O–H groups in total. The molecule has 142 valence electrons. The summed E-state index contributed by atoms with van der Waals surface area (Å²) in [5.41, 5.74) is 3.27. The lowest BCUT2D eigenvalue weighted by molar-refractivity contribution is 0.0916. The second-order valence-electron chi connectivity index (χ2n) is 8.22. The molecular formula is C21H25N3O2S. The van der Waals surface area contributed by atoms with Gasteiger partial charge in [0.25, 0.3) is 0 Å². The second kappa shape index (κ2) is 6.68. The van der Waals surface area contributed by atoms with Crippen LogP contribution in [0.1, 0.15) is 48.5 Å². The number of ether oxygens (including phenoxy) is 1. The van der Waals surface area contributed by atoms with Crippen LogP contribution in [0.15, 0.2) is 47.8 Å². The molecular weight excluding hydrogens is 358 g/mol. The van der Waals surface area contributed by atoms with E-state index in [1.54, 1.807) is 6.26 Å². The Kier molecular flexibility index (Phi) is 4.46. The summed E-state index contributed by atoms with van der Waals surface area (Å²) in [7, 11) is 4.09. The number of ketones is 1. The Labute approximate surface area is 164 Å². The lowest BCUT2D eigenvalue weighted by atomic mass is 9.78. The van der Waals surface area contributed by atoms with Crippen molar-refractivity contribution in [2.24, 2.45) is 5.41 Å². The lowest BCUT2D eigenvalue weighted by Gasteiger charge is -2.27. The first-order valence-electron chi connectivity index (χ1n) is 9.28. The zero-order valence-corrected chi connectivity index (χ0v) is 17.1. The second-order valence-corrected chi connectivity index (χ2v) is 9.19. The van der Waals surface area contributed by atoms with Crippen molar-refractivity contribution >= 4 is 22.3 Å². The SMILES string of the molecule is CN(C)C1=C(C2=CN(c3nc4c(s3)C(=O)CC(C)(C)C4)C=CO2)CCC=C1. The average molecular weight is 384 g/mol. The van der Waals surface area contributed by atoms with Gasteiger partial charge in [-0.3, -0.25) is 9.69 Å². The van der Waals surface area contributed by atoms with Crippen molar-refractivity contribution in [1.29, 1.82) is 0 Å². The van der Waals surface area contributed by atoms with Gasteiger partial charge in [-0.1, -0.05) is 31.3 Å². The molecule has 1 aliphatic heterocycles. The largest absolute Gasteiger partial charge is 0.462 e. The van der Waals surface area contributed by atoms with Crippen LogP contribution < -0.4 is 4.90 Å². The summed E-state index contributed by atoms with van der Waals surface area (Å²) in [6.07, 6.45) is 13.3. The van der Waals surface area contributed by atoms with Crippen molar-refractivity contribution in [1.82, 2.24) is 9.88 Å². The van der Waals surface area contributed by atoms with Gasteiger partial charge in [0.2, 0.25) is 0 Å². The molecule has 3 aliphatic rings. The van der Waals surface area contributed by atoms with Crippen LogP contribution in [0.4, 0.5) is 5.13 Å². The predicted octanol–water partition coefficient (Wildman–Crippen LogP) is 4.61. The molecule has 0 fully saturated rings. The molecule has 27 heavy (non-hydrogen) atoms. The Morgan fingerprint density at radius 1 is 1.30 bits per heavy atom. The van der Waals surface area contributed by atoms with Crippen LogP contribution in [0.25, 0.3) is 0 Å². The highest BCUT2D eigenvalue weighted by molar-refractivity contribution is 7.17. The van der Waals surface area contributed by atoms with Crippen LogP contribution >= 0.6 is 11.3 Å². The average Bonchev–Trinajstić information content (AvgIpc) is 3.05. The fourth-order valence-corrected chi connectivity index (χ4v) is 4.75. The number of allylic oxidation sites excluding steroid dienone is 3. The van der Waals surface area contributed by atoms with E-state index in [4.69, 9.17) is 9.72 Å². The molecule has 5 nitrogen and oxygen atoms in total. The molecule has 2 aliphatic carbocycles. The van der Waals surface area contributed by atoms with Gasteiger partial charge in [0.05, 0.1) is 16.8 Å². The normalized spacial score (nSPS) is 21.1. The highest BCUT2D eigenvalue weighted by Crippen LogP contribution is 2.40. The van der Waals surface area contributed by atoms with Gasteiger partial charge < -0.3 is 9.64 Å². The first-order valence-corrected chi connectivity index (χ1v) is 10.1. The van der Waals surface area contributed by atoms with Crippen LogP contribution in [0.2, 0.25) is 0 Å². The molecule has 0 bridgehead atoms. The molecule has 0 aromatic carbocycles. The van der Waals surface area contributed by atoms with Gasteiger partial charge in [-0.05, 0) is 30.8 Å². The topological polar surface area (TPSA) is 45.7 Å². The van der Waals surface area contributed by atoms with Gasteiger partial charge >= 0.3 is 0 Å². The Bertz CT molecular complexity index is 903. The number of anilines is 1. The van der Waals surface area contributed by atoms with Gasteiger partial charge in [0, 0.05) is 38.0 Å². The fraction of sp³-hybridized carbons (Fsp3) is 0.429. The van der Waals surface area contributed by atoms with Crippen molar-refractivity contribution in [3.63, 3.8) is 0 Å². The van der Waals surface area contributed by atoms with Crippen molar-refractivity contribution in [3.05, 3.63) is 58.4 Å². The van der Waals surface area contributed by atoms with E-state index >= 15 is 0 Å². The van der Waals surface area contributed by atoms with Gasteiger partial charge in [-0.15, -0.1) is 0 Å². The third kappa shape index (κ3) is 3.46. The molecule has 0 saturated carbocycles. The minimum absolute atomic E-state index is 0.0167. The Balaban J connectivity index is 1.68. The van der Waals surface area contributed by atoms with Gasteiger partial charge in [0.1, 0.15) is 12.0 Å². The highest BCUT2D eigenvalue weighted by Gasteiger charge is 2.34. The lowest BCUT2D eigenvalue weighted by Crippen LogP contribution is -2.26. The van der Waals surface area contributed by atoms with Crippen LogP contribution in [0.5, 0.6) is 0 Å². The Morgan fingerprint density at radius 2 is 2.11 bits per heavy atom. The number of hydrogen-bond acceptors (Lipinski definition) is 6. The van der Waals surface area contributed by atoms with E-state index in [9.17, 15) is 4.79 Å². The standard InChI is InChI=1S/C21H25N3O2S/c1-21(2)11-15-19(17(25)12-21)27-20(22-15)24-9-10-26-18(13-24)14-7-5-6-8-16(14)23(3)4/h6,8-10,13H,5,7,11-12H2,1-4H3. The van der Waals surface area contributed by atoms with Gasteiger partial charge in [-0.25, -0.2) is 4.98 Å². The van der Waals surface area contributed by atoms with E-state index in [1.807, 2.05) is 31.4 Å². The van der Waals surface area contributed by atoms with Crippen molar-refractivity contribution in [2.45, 2.75) is 39.5 Å². The molecule has 0 amide bonds. The third-order valence-corrected chi connectivity index (χ3v) is 6.20. The monoisotopic (exact) mass is 383 g/mol. The summed E-state index contributed by atoms with van der Waals surface area (Å²) in [4.78, 5) is 22.2. The molecule has 0 spiro atoms. The summed E-state index contributed by atoms with van der Waals surface area (Å²) in [6.45, 7) is 4.26. The van der Waals surface area contributed by atoms with E-state index in [0.29, 0.717) is 6.42 Å². The first kappa shape index (κ1) is 18.0. The summed E-state index contributed by atoms with van der Waals surface area (Å²) in [5.74, 6) is 1.05. The number of nitrogens with zero attached hydrogens (tertiary/aromatic N) is 3. The third-order valence-electron chi connectivity index (χ3n) is 5.04. The molecule has 0 atom stereocenters. The summed E-state index contributed by atoms with van der Waals surface area (Å²) in [6, 6.07) is 0. The van der Waals surface area contributed by atoms with Crippen LogP contribution in [-0.2, 0) is 11.2 Å². The van der Waals surface area contributed by atoms with Crippen LogP contribution in [0.3, 0.4) is 0 Å². The fourth-order valence-electron chi connectivity index (χ4n) is 3.77. The zero-order chi connectivity index (χ0) is 19.2. The number of carbonyl (C=O) groups excluding carboxylic acids is 1. The number of thiazole rings is 1. The number of rotatable bonds is 3. The van der Waals surface area contributed by atoms with E-state index in [0.717, 1.165) is 46.4 Å². The number of hydrogen-bond donors (Lipinski definition) is 0. The van der Waals surface area contributed by atoms with Gasteiger partial charge in [-0.2, -0.15) is 0 Å². The quantitative estimate of drug-likeness (QED) is 0.762. The molecule has 0 radical (unpaired) electrons. The van der Waals surface area contributed by atoms with E-state index in [2.05, 4.69) is 30.9 Å². The summed E-state index contributed by atoms with van der Waals surface area (Å²) >= 11 is 1.48. The maximum Gasteiger partial charge on any atom is 0.194 e. The zero-order valence-electron chi connectivity index (χ0n) is 16.3. The number of aromatic nitrogens is 1. The Morgan fingerprint density at radius 3 is 2.89 bits per heavy atom. The first-order chi connectivity index (χ1) is 12.8. The minimum atomic E-state index is -0.0167. The smallest absolute Gasteiger partial charge is 0.194 e. The molecule has 6 heteroatoms. The molecule has 2 heterocycles. The molecule has 4 rings (SSSR count). The predicted molar refractivity (Wildman–Crippen MR) is 108 cm³/mol. The van der Waals surface area contributed by atoms with Crippen molar-refractivity contribution in [2.75, 3.05) is 19.0 Å². The number of likely N-dealkylation sites (N-methyl/N-ethyl adjacent to an activating group) is 1. The molecule has 0 unspecified atom stereocenters. The number of Topliss-reactive ketones (excluding diaryl/α,β-unsaturated/α-hetero) is 1.